The summed E-state index contributed by atoms with van der Waals surface area (Å²) in [5.41, 5.74) is 1.64. The molecule has 7 nitrogen and oxygen atoms in total. The fourth-order valence-corrected chi connectivity index (χ4v) is 5.01. The zero-order valence-corrected chi connectivity index (χ0v) is 19.7. The van der Waals surface area contributed by atoms with Crippen molar-refractivity contribution in [2.75, 3.05) is 0 Å². The summed E-state index contributed by atoms with van der Waals surface area (Å²) in [6.45, 7) is 5.73. The van der Waals surface area contributed by atoms with E-state index in [9.17, 15) is 22.8 Å². The Hall–Kier alpha value is -3.82. The molecule has 0 spiro atoms. The Morgan fingerprint density at radius 1 is 1.11 bits per heavy atom. The Labute approximate surface area is 199 Å². The molecule has 2 atom stereocenters. The molecular weight excluding hydrogens is 459 g/mol. The van der Waals surface area contributed by atoms with Crippen molar-refractivity contribution in [2.45, 2.75) is 45.6 Å². The van der Waals surface area contributed by atoms with E-state index in [1.165, 1.54) is 10.6 Å². The third-order valence-electron chi connectivity index (χ3n) is 6.73. The summed E-state index contributed by atoms with van der Waals surface area (Å²) in [5, 5.41) is 0.448. The molecule has 2 unspecified atom stereocenters. The minimum atomic E-state index is -4.47. The predicted octanol–water partition coefficient (Wildman–Crippen LogP) is 4.46. The van der Waals surface area contributed by atoms with E-state index in [0.717, 1.165) is 17.8 Å². The lowest BCUT2D eigenvalue weighted by molar-refractivity contribution is -0.137. The van der Waals surface area contributed by atoms with Crippen molar-refractivity contribution < 1.29 is 18.0 Å². The molecule has 0 N–H and O–H groups in total. The molecule has 4 heterocycles. The second kappa shape index (κ2) is 7.86. The number of nitrogens with zero attached hydrogens (tertiary/aromatic N) is 5. The number of rotatable bonds is 3. The molecule has 4 aromatic rings. The molecule has 3 aromatic heterocycles. The number of amides is 1. The van der Waals surface area contributed by atoms with Crippen LogP contribution in [0.15, 0.2) is 53.8 Å². The van der Waals surface area contributed by atoms with Gasteiger partial charge in [-0.1, -0.05) is 0 Å². The molecule has 0 radical (unpaired) electrons. The number of halogens is 3. The fraction of sp³-hybridized carbons (Fsp3) is 0.320. The standard InChI is InChI=1S/C25H24F3N5O2/c1-14-10-31(13-29-14)21-7-8-22-24(35)33(15(2)11-32(22)23(21)34)16(3)19-12-30(4)20-6-5-17(9-18(19)20)25(26,27)28/h5-10,12-13,15-16H,11H2,1-4H3. The van der Waals surface area contributed by atoms with Crippen molar-refractivity contribution in [1.29, 1.82) is 0 Å². The van der Waals surface area contributed by atoms with Crippen LogP contribution in [-0.4, -0.2) is 35.5 Å². The third-order valence-corrected chi connectivity index (χ3v) is 6.73. The van der Waals surface area contributed by atoms with Gasteiger partial charge in [0.1, 0.15) is 11.4 Å². The molecule has 1 amide bonds. The first-order valence-electron chi connectivity index (χ1n) is 11.2. The number of aryl methyl sites for hydroxylation is 2. The van der Waals surface area contributed by atoms with Crippen LogP contribution in [0.5, 0.6) is 0 Å². The van der Waals surface area contributed by atoms with Gasteiger partial charge < -0.3 is 18.6 Å². The zero-order valence-electron chi connectivity index (χ0n) is 19.7. The third kappa shape index (κ3) is 3.64. The number of pyridine rings is 1. The Morgan fingerprint density at radius 2 is 1.86 bits per heavy atom. The number of benzene rings is 1. The van der Waals surface area contributed by atoms with Crippen molar-refractivity contribution in [2.24, 2.45) is 7.05 Å². The van der Waals surface area contributed by atoms with Crippen molar-refractivity contribution >= 4 is 16.8 Å². The second-order valence-corrected chi connectivity index (χ2v) is 9.10. The molecule has 10 heteroatoms. The zero-order chi connectivity index (χ0) is 25.2. The molecule has 182 valence electrons. The predicted molar refractivity (Wildman–Crippen MR) is 125 cm³/mol. The molecule has 5 rings (SSSR count). The van der Waals surface area contributed by atoms with Gasteiger partial charge in [-0.05, 0) is 56.7 Å². The number of carbonyl (C=O) groups is 1. The lowest BCUT2D eigenvalue weighted by Gasteiger charge is -2.39. The Balaban J connectivity index is 1.56. The highest BCUT2D eigenvalue weighted by Crippen LogP contribution is 2.37. The first-order chi connectivity index (χ1) is 16.5. The second-order valence-electron chi connectivity index (χ2n) is 9.10. The van der Waals surface area contributed by atoms with Gasteiger partial charge in [-0.3, -0.25) is 9.59 Å². The Morgan fingerprint density at radius 3 is 2.51 bits per heavy atom. The minimum Gasteiger partial charge on any atom is -0.350 e. The highest BCUT2D eigenvalue weighted by Gasteiger charge is 2.36. The first-order valence-corrected chi connectivity index (χ1v) is 11.2. The molecule has 0 aliphatic carbocycles. The van der Waals surface area contributed by atoms with Crippen molar-refractivity contribution in [1.82, 2.24) is 23.6 Å². The summed E-state index contributed by atoms with van der Waals surface area (Å²) in [5.74, 6) is -0.342. The van der Waals surface area contributed by atoms with Gasteiger partial charge in [-0.2, -0.15) is 13.2 Å². The maximum atomic E-state index is 13.6. The SMILES string of the molecule is Cc1cn(-c2ccc3n(c2=O)CC(C)N(C(C)c2cn(C)c4ccc(C(F)(F)F)cc24)C3=O)cn1. The van der Waals surface area contributed by atoms with Gasteiger partial charge in [0.25, 0.3) is 11.5 Å². The van der Waals surface area contributed by atoms with E-state index in [1.807, 2.05) is 13.8 Å². The lowest BCUT2D eigenvalue weighted by atomic mass is 10.0. The molecule has 1 aliphatic heterocycles. The highest BCUT2D eigenvalue weighted by atomic mass is 19.4. The van der Waals surface area contributed by atoms with Crippen LogP contribution in [0, 0.1) is 6.92 Å². The number of fused-ring (bicyclic) bond motifs is 2. The first kappa shape index (κ1) is 22.9. The van der Waals surface area contributed by atoms with Gasteiger partial charge in [-0.15, -0.1) is 0 Å². The van der Waals surface area contributed by atoms with Gasteiger partial charge in [-0.25, -0.2) is 4.98 Å². The van der Waals surface area contributed by atoms with E-state index in [1.54, 1.807) is 58.9 Å². The van der Waals surface area contributed by atoms with Crippen LogP contribution >= 0.6 is 0 Å². The van der Waals surface area contributed by atoms with Crippen LogP contribution in [0.3, 0.4) is 0 Å². The van der Waals surface area contributed by atoms with Gasteiger partial charge >= 0.3 is 6.18 Å². The van der Waals surface area contributed by atoms with Crippen LogP contribution in [0.1, 0.15) is 47.2 Å². The number of hydrogen-bond acceptors (Lipinski definition) is 3. The van der Waals surface area contributed by atoms with E-state index in [0.29, 0.717) is 22.2 Å². The highest BCUT2D eigenvalue weighted by molar-refractivity contribution is 5.94. The summed E-state index contributed by atoms with van der Waals surface area (Å²) in [7, 11) is 1.77. The van der Waals surface area contributed by atoms with E-state index in [-0.39, 0.29) is 29.7 Å². The van der Waals surface area contributed by atoms with Crippen molar-refractivity contribution in [3.63, 3.8) is 0 Å². The molecule has 0 fully saturated rings. The summed E-state index contributed by atoms with van der Waals surface area (Å²) < 4.78 is 45.0. The van der Waals surface area contributed by atoms with Gasteiger partial charge in [0.15, 0.2) is 0 Å². The monoisotopic (exact) mass is 483 g/mol. The van der Waals surface area contributed by atoms with Gasteiger partial charge in [0.05, 0.1) is 23.6 Å². The number of hydrogen-bond donors (Lipinski definition) is 0. The molecule has 0 bridgehead atoms. The average Bonchev–Trinajstić information content (AvgIpc) is 3.37. The van der Waals surface area contributed by atoms with E-state index in [2.05, 4.69) is 4.98 Å². The molecule has 0 saturated heterocycles. The van der Waals surface area contributed by atoms with Crippen LogP contribution in [-0.2, 0) is 19.8 Å². The quantitative estimate of drug-likeness (QED) is 0.432. The molecule has 1 aliphatic rings. The number of alkyl halides is 3. The van der Waals surface area contributed by atoms with E-state index in [4.69, 9.17) is 0 Å². The summed E-state index contributed by atoms with van der Waals surface area (Å²) in [6.07, 6.45) is 0.588. The number of imidazole rings is 1. The van der Waals surface area contributed by atoms with Crippen LogP contribution in [0.2, 0.25) is 0 Å². The average molecular weight is 483 g/mol. The molecular formula is C25H24F3N5O2. The van der Waals surface area contributed by atoms with Gasteiger partial charge in [0.2, 0.25) is 0 Å². The summed E-state index contributed by atoms with van der Waals surface area (Å²) in [4.78, 5) is 32.6. The number of carbonyl (C=O) groups excluding carboxylic acids is 1. The molecule has 35 heavy (non-hydrogen) atoms. The van der Waals surface area contributed by atoms with E-state index >= 15 is 0 Å². The molecule has 1 aromatic carbocycles. The topological polar surface area (TPSA) is 65.1 Å². The minimum absolute atomic E-state index is 0.247. The Kier molecular flexibility index (Phi) is 5.15. The maximum Gasteiger partial charge on any atom is 0.416 e. The molecule has 0 saturated carbocycles. The fourth-order valence-electron chi connectivity index (χ4n) is 5.01. The normalized spacial score (nSPS) is 17.2. The van der Waals surface area contributed by atoms with Gasteiger partial charge in [0, 0.05) is 42.9 Å². The summed E-state index contributed by atoms with van der Waals surface area (Å²) in [6, 6.07) is 5.99. The van der Waals surface area contributed by atoms with Crippen molar-refractivity contribution in [3.8, 4) is 5.69 Å². The van der Waals surface area contributed by atoms with Crippen molar-refractivity contribution in [3.05, 3.63) is 81.9 Å². The maximum absolute atomic E-state index is 13.6. The Bertz CT molecular complexity index is 1530. The van der Waals surface area contributed by atoms with Crippen LogP contribution < -0.4 is 5.56 Å². The summed E-state index contributed by atoms with van der Waals surface area (Å²) >= 11 is 0. The van der Waals surface area contributed by atoms with Crippen LogP contribution in [0.4, 0.5) is 13.2 Å². The number of aromatic nitrogens is 4. The largest absolute Gasteiger partial charge is 0.416 e. The smallest absolute Gasteiger partial charge is 0.350 e. The van der Waals surface area contributed by atoms with Crippen LogP contribution in [0.25, 0.3) is 16.6 Å². The van der Waals surface area contributed by atoms with E-state index < -0.39 is 17.8 Å². The lowest BCUT2D eigenvalue weighted by Crippen LogP contribution is -2.50.